The summed E-state index contributed by atoms with van der Waals surface area (Å²) in [6, 6.07) is 4.06. The van der Waals surface area contributed by atoms with E-state index in [0.717, 1.165) is 18.2 Å². The fourth-order valence-corrected chi connectivity index (χ4v) is 1.76. The number of halogens is 1. The third kappa shape index (κ3) is 3.42. The van der Waals surface area contributed by atoms with E-state index in [-0.39, 0.29) is 5.56 Å². The molecule has 1 aromatic carbocycles. The summed E-state index contributed by atoms with van der Waals surface area (Å²) in [4.78, 5) is 10.6. The molecule has 0 aromatic heterocycles. The molecule has 0 bridgehead atoms. The number of carbonyl (C=O) groups is 1. The molecule has 0 amide bonds. The fourth-order valence-electron chi connectivity index (χ4n) is 1.03. The molecule has 90 valence electrons. The van der Waals surface area contributed by atoms with Gasteiger partial charge >= 0.3 is 5.97 Å². The number of benzene rings is 1. The summed E-state index contributed by atoms with van der Waals surface area (Å²) in [5.41, 5.74) is -0.763. The first-order valence-electron chi connectivity index (χ1n) is 4.26. The van der Waals surface area contributed by atoms with E-state index in [1.807, 2.05) is 0 Å². The van der Waals surface area contributed by atoms with Crippen molar-refractivity contribution in [3.8, 4) is 6.07 Å². The van der Waals surface area contributed by atoms with Crippen LogP contribution in [0, 0.1) is 17.1 Å². The van der Waals surface area contributed by atoms with Crippen LogP contribution in [0.5, 0.6) is 0 Å². The van der Waals surface area contributed by atoms with E-state index in [1.54, 1.807) is 4.72 Å². The number of nitrogens with zero attached hydrogens (tertiary/aromatic N) is 1. The molecule has 0 radical (unpaired) electrons. The number of nitrogens with one attached hydrogen (secondary N) is 1. The van der Waals surface area contributed by atoms with E-state index in [9.17, 15) is 17.6 Å². The number of rotatable bonds is 4. The van der Waals surface area contributed by atoms with Gasteiger partial charge in [-0.25, -0.2) is 17.6 Å². The predicted molar refractivity (Wildman–Crippen MR) is 56.4 cm³/mol. The van der Waals surface area contributed by atoms with Gasteiger partial charge in [0.05, 0.1) is 17.3 Å². The SMILES string of the molecule is N#CCS(=O)(=O)Nc1cc(C(=O)O)ccc1F. The van der Waals surface area contributed by atoms with E-state index in [2.05, 4.69) is 0 Å². The topological polar surface area (TPSA) is 107 Å². The molecule has 0 atom stereocenters. The number of anilines is 1. The minimum absolute atomic E-state index is 0.263. The highest BCUT2D eigenvalue weighted by Gasteiger charge is 2.14. The van der Waals surface area contributed by atoms with Crippen molar-refractivity contribution in [2.24, 2.45) is 0 Å². The quantitative estimate of drug-likeness (QED) is 0.830. The van der Waals surface area contributed by atoms with Gasteiger partial charge in [0.25, 0.3) is 0 Å². The first kappa shape index (κ1) is 12.9. The van der Waals surface area contributed by atoms with Gasteiger partial charge in [0, 0.05) is 0 Å². The monoisotopic (exact) mass is 258 g/mol. The fraction of sp³-hybridized carbons (Fsp3) is 0.111. The Labute approximate surface area is 96.4 Å². The second kappa shape index (κ2) is 4.80. The van der Waals surface area contributed by atoms with Crippen LogP contribution in [0.3, 0.4) is 0 Å². The molecule has 0 saturated carbocycles. The van der Waals surface area contributed by atoms with Crippen molar-refractivity contribution in [3.05, 3.63) is 29.6 Å². The van der Waals surface area contributed by atoms with Crippen molar-refractivity contribution >= 4 is 21.7 Å². The lowest BCUT2D eigenvalue weighted by atomic mass is 10.2. The Morgan fingerprint density at radius 2 is 2.18 bits per heavy atom. The number of hydrogen-bond donors (Lipinski definition) is 2. The molecule has 0 aliphatic heterocycles. The molecular weight excluding hydrogens is 251 g/mol. The number of sulfonamides is 1. The summed E-state index contributed by atoms with van der Waals surface area (Å²) in [5.74, 6) is -3.08. The van der Waals surface area contributed by atoms with Gasteiger partial charge in [-0.2, -0.15) is 5.26 Å². The van der Waals surface area contributed by atoms with Crippen LogP contribution in [-0.4, -0.2) is 25.2 Å². The third-order valence-electron chi connectivity index (χ3n) is 1.73. The summed E-state index contributed by atoms with van der Waals surface area (Å²) in [7, 11) is -3.99. The Balaban J connectivity index is 3.11. The minimum Gasteiger partial charge on any atom is -0.478 e. The summed E-state index contributed by atoms with van der Waals surface area (Å²) in [6.07, 6.45) is 0. The average Bonchev–Trinajstić information content (AvgIpc) is 2.20. The summed E-state index contributed by atoms with van der Waals surface area (Å²) in [6.45, 7) is 0. The van der Waals surface area contributed by atoms with Crippen molar-refractivity contribution in [2.45, 2.75) is 0 Å². The van der Waals surface area contributed by atoms with Gasteiger partial charge in [-0.15, -0.1) is 0 Å². The Morgan fingerprint density at radius 3 is 2.71 bits per heavy atom. The smallest absolute Gasteiger partial charge is 0.335 e. The van der Waals surface area contributed by atoms with Crippen molar-refractivity contribution in [3.63, 3.8) is 0 Å². The number of hydrogen-bond acceptors (Lipinski definition) is 4. The van der Waals surface area contributed by atoms with Crippen LogP contribution >= 0.6 is 0 Å². The van der Waals surface area contributed by atoms with Gasteiger partial charge in [-0.3, -0.25) is 4.72 Å². The zero-order chi connectivity index (χ0) is 13.1. The van der Waals surface area contributed by atoms with Crippen LogP contribution in [0.4, 0.5) is 10.1 Å². The maximum absolute atomic E-state index is 13.2. The van der Waals surface area contributed by atoms with Gasteiger partial charge < -0.3 is 5.11 Å². The zero-order valence-electron chi connectivity index (χ0n) is 8.34. The first-order valence-corrected chi connectivity index (χ1v) is 5.91. The van der Waals surface area contributed by atoms with E-state index < -0.39 is 33.3 Å². The van der Waals surface area contributed by atoms with Crippen molar-refractivity contribution < 1.29 is 22.7 Å². The van der Waals surface area contributed by atoms with Gasteiger partial charge in [0.15, 0.2) is 5.75 Å². The summed E-state index contributed by atoms with van der Waals surface area (Å²) < 4.78 is 37.4. The Hall–Kier alpha value is -2.14. The molecule has 17 heavy (non-hydrogen) atoms. The largest absolute Gasteiger partial charge is 0.478 e. The number of carboxylic acids is 1. The van der Waals surface area contributed by atoms with E-state index in [0.29, 0.717) is 0 Å². The van der Waals surface area contributed by atoms with Gasteiger partial charge in [-0.05, 0) is 18.2 Å². The summed E-state index contributed by atoms with van der Waals surface area (Å²) >= 11 is 0. The lowest BCUT2D eigenvalue weighted by molar-refractivity contribution is 0.0697. The minimum atomic E-state index is -3.99. The third-order valence-corrected chi connectivity index (χ3v) is 2.77. The van der Waals surface area contributed by atoms with E-state index in [4.69, 9.17) is 10.4 Å². The second-order valence-electron chi connectivity index (χ2n) is 3.02. The molecular formula is C9H7FN2O4S. The lowest BCUT2D eigenvalue weighted by Crippen LogP contribution is -2.16. The Kier molecular flexibility index (Phi) is 3.65. The van der Waals surface area contributed by atoms with Crippen molar-refractivity contribution in [2.75, 3.05) is 10.5 Å². The molecule has 0 aliphatic rings. The average molecular weight is 258 g/mol. The Morgan fingerprint density at radius 1 is 1.53 bits per heavy atom. The standard InChI is InChI=1S/C9H7FN2O4S/c10-7-2-1-6(9(13)14)5-8(7)12-17(15,16)4-3-11/h1-2,5,12H,4H2,(H,13,14). The molecule has 6 nitrogen and oxygen atoms in total. The van der Waals surface area contributed by atoms with Crippen LogP contribution in [0.2, 0.25) is 0 Å². The van der Waals surface area contributed by atoms with Crippen LogP contribution < -0.4 is 4.72 Å². The molecule has 0 heterocycles. The Bertz CT molecular complexity index is 592. The van der Waals surface area contributed by atoms with E-state index >= 15 is 0 Å². The highest BCUT2D eigenvalue weighted by atomic mass is 32.2. The predicted octanol–water partition coefficient (Wildman–Crippen LogP) is 0.789. The highest BCUT2D eigenvalue weighted by molar-refractivity contribution is 7.92. The first-order chi connectivity index (χ1) is 7.85. The van der Waals surface area contributed by atoms with E-state index in [1.165, 1.54) is 6.07 Å². The second-order valence-corrected chi connectivity index (χ2v) is 4.74. The van der Waals surface area contributed by atoms with Gasteiger partial charge in [-0.1, -0.05) is 0 Å². The van der Waals surface area contributed by atoms with Crippen LogP contribution in [0.15, 0.2) is 18.2 Å². The molecule has 2 N–H and O–H groups in total. The van der Waals surface area contributed by atoms with Gasteiger partial charge in [0.2, 0.25) is 10.0 Å². The molecule has 1 aromatic rings. The number of carboxylic acid groups (broad SMARTS) is 1. The highest BCUT2D eigenvalue weighted by Crippen LogP contribution is 2.17. The van der Waals surface area contributed by atoms with Crippen molar-refractivity contribution in [1.29, 1.82) is 5.26 Å². The molecule has 1 rings (SSSR count). The number of aromatic carboxylic acids is 1. The van der Waals surface area contributed by atoms with Crippen LogP contribution in [0.1, 0.15) is 10.4 Å². The maximum atomic E-state index is 13.2. The van der Waals surface area contributed by atoms with Crippen molar-refractivity contribution in [1.82, 2.24) is 0 Å². The molecule has 8 heteroatoms. The summed E-state index contributed by atoms with van der Waals surface area (Å²) in [5, 5.41) is 16.9. The molecule has 0 saturated heterocycles. The van der Waals surface area contributed by atoms with Crippen LogP contribution in [0.25, 0.3) is 0 Å². The normalized spacial score (nSPS) is 10.6. The lowest BCUT2D eigenvalue weighted by Gasteiger charge is -2.06. The molecule has 0 unspecified atom stereocenters. The zero-order valence-corrected chi connectivity index (χ0v) is 9.16. The molecule has 0 aliphatic carbocycles. The van der Waals surface area contributed by atoms with Crippen LogP contribution in [-0.2, 0) is 10.0 Å². The maximum Gasteiger partial charge on any atom is 0.335 e. The number of nitriles is 1. The molecule has 0 spiro atoms. The van der Waals surface area contributed by atoms with Gasteiger partial charge in [0.1, 0.15) is 5.82 Å². The molecule has 0 fully saturated rings.